The molecular weight excluding hydrogens is 326 g/mol. The summed E-state index contributed by atoms with van der Waals surface area (Å²) in [4.78, 5) is 13.0. The number of rotatable bonds is 6. The van der Waals surface area contributed by atoms with Gasteiger partial charge in [0.1, 0.15) is 6.26 Å². The predicted molar refractivity (Wildman–Crippen MR) is 103 cm³/mol. The molecule has 0 spiro atoms. The van der Waals surface area contributed by atoms with Gasteiger partial charge in [-0.1, -0.05) is 23.8 Å². The molecule has 3 rings (SSSR count). The minimum atomic E-state index is 0.627. The van der Waals surface area contributed by atoms with Crippen molar-refractivity contribution in [3.63, 3.8) is 0 Å². The molecule has 6 nitrogen and oxygen atoms in total. The first-order valence-corrected chi connectivity index (χ1v) is 8.60. The van der Waals surface area contributed by atoms with Gasteiger partial charge in [-0.15, -0.1) is 0 Å². The van der Waals surface area contributed by atoms with Crippen LogP contribution in [0.15, 0.2) is 64.3 Å². The van der Waals surface area contributed by atoms with E-state index >= 15 is 0 Å². The first kappa shape index (κ1) is 17.7. The summed E-state index contributed by atoms with van der Waals surface area (Å²) in [7, 11) is 1.75. The van der Waals surface area contributed by atoms with Gasteiger partial charge in [0.05, 0.1) is 17.9 Å². The highest BCUT2D eigenvalue weighted by Crippen LogP contribution is 2.19. The van der Waals surface area contributed by atoms with E-state index in [1.807, 2.05) is 30.3 Å². The largest absolute Gasteiger partial charge is 0.444 e. The third-order valence-electron chi connectivity index (χ3n) is 3.91. The van der Waals surface area contributed by atoms with Crippen LogP contribution in [0.25, 0.3) is 11.5 Å². The van der Waals surface area contributed by atoms with Gasteiger partial charge in [-0.3, -0.25) is 9.98 Å². The SMILES string of the molecule is CN=C(NCCc1coc(-c2ccc(C)cc2)n1)NCc1ccccn1. The molecule has 0 saturated heterocycles. The molecule has 0 aliphatic heterocycles. The van der Waals surface area contributed by atoms with Crippen molar-refractivity contribution in [1.82, 2.24) is 20.6 Å². The Hall–Kier alpha value is -3.15. The number of aromatic nitrogens is 2. The van der Waals surface area contributed by atoms with Crippen molar-refractivity contribution < 1.29 is 4.42 Å². The van der Waals surface area contributed by atoms with Crippen molar-refractivity contribution in [3.8, 4) is 11.5 Å². The predicted octanol–water partition coefficient (Wildman–Crippen LogP) is 2.95. The number of guanidine groups is 1. The Kier molecular flexibility index (Phi) is 5.98. The van der Waals surface area contributed by atoms with Gasteiger partial charge in [-0.05, 0) is 31.2 Å². The minimum absolute atomic E-state index is 0.627. The zero-order chi connectivity index (χ0) is 18.2. The Morgan fingerprint density at radius 1 is 1.08 bits per heavy atom. The lowest BCUT2D eigenvalue weighted by Gasteiger charge is -2.10. The molecule has 0 saturated carbocycles. The van der Waals surface area contributed by atoms with Gasteiger partial charge < -0.3 is 15.1 Å². The zero-order valence-electron chi connectivity index (χ0n) is 15.1. The average Bonchev–Trinajstić information content (AvgIpc) is 3.15. The van der Waals surface area contributed by atoms with Crippen molar-refractivity contribution in [1.29, 1.82) is 0 Å². The second-order valence-electron chi connectivity index (χ2n) is 5.93. The number of oxazole rings is 1. The first-order chi connectivity index (χ1) is 12.7. The molecule has 0 atom stereocenters. The quantitative estimate of drug-likeness (QED) is 0.529. The zero-order valence-corrected chi connectivity index (χ0v) is 15.1. The van der Waals surface area contributed by atoms with Gasteiger partial charge in [0, 0.05) is 31.8 Å². The normalized spacial score (nSPS) is 11.4. The maximum atomic E-state index is 5.59. The molecule has 2 aromatic heterocycles. The number of aliphatic imine (C=N–C) groups is 1. The van der Waals surface area contributed by atoms with Crippen LogP contribution >= 0.6 is 0 Å². The lowest BCUT2D eigenvalue weighted by molar-refractivity contribution is 0.572. The second kappa shape index (κ2) is 8.80. The summed E-state index contributed by atoms with van der Waals surface area (Å²) < 4.78 is 5.59. The smallest absolute Gasteiger partial charge is 0.226 e. The molecule has 2 N–H and O–H groups in total. The summed E-state index contributed by atoms with van der Waals surface area (Å²) in [6.45, 7) is 3.40. The first-order valence-electron chi connectivity index (χ1n) is 8.60. The molecule has 134 valence electrons. The van der Waals surface area contributed by atoms with Crippen LogP contribution < -0.4 is 10.6 Å². The highest BCUT2D eigenvalue weighted by Gasteiger charge is 2.07. The van der Waals surface area contributed by atoms with E-state index in [-0.39, 0.29) is 0 Å². The fraction of sp³-hybridized carbons (Fsp3) is 0.250. The Balaban J connectivity index is 1.47. The third-order valence-corrected chi connectivity index (χ3v) is 3.91. The van der Waals surface area contributed by atoms with Crippen LogP contribution in [0.2, 0.25) is 0 Å². The topological polar surface area (TPSA) is 75.3 Å². The number of pyridine rings is 1. The van der Waals surface area contributed by atoms with E-state index in [2.05, 4.69) is 44.7 Å². The number of benzene rings is 1. The standard InChI is InChI=1S/C20H23N5O/c1-15-6-8-16(9-7-15)19-25-18(14-26-19)10-12-23-20(21-2)24-13-17-5-3-4-11-22-17/h3-9,11,14H,10,12-13H2,1-2H3,(H2,21,23,24). The fourth-order valence-corrected chi connectivity index (χ4v) is 2.46. The van der Waals surface area contributed by atoms with Crippen LogP contribution in [0.5, 0.6) is 0 Å². The Labute approximate surface area is 153 Å². The Morgan fingerprint density at radius 3 is 2.65 bits per heavy atom. The van der Waals surface area contributed by atoms with Crippen LogP contribution in [-0.4, -0.2) is 29.5 Å². The Morgan fingerprint density at radius 2 is 1.92 bits per heavy atom. The summed E-state index contributed by atoms with van der Waals surface area (Å²) in [6, 6.07) is 14.0. The van der Waals surface area contributed by atoms with Crippen molar-refractivity contribution >= 4 is 5.96 Å². The third kappa shape index (κ3) is 4.92. The molecule has 1 aromatic carbocycles. The lowest BCUT2D eigenvalue weighted by atomic mass is 10.1. The molecule has 0 amide bonds. The van der Waals surface area contributed by atoms with Crippen molar-refractivity contribution in [2.24, 2.45) is 4.99 Å². The van der Waals surface area contributed by atoms with E-state index < -0.39 is 0 Å². The molecule has 0 fully saturated rings. The van der Waals surface area contributed by atoms with Gasteiger partial charge >= 0.3 is 0 Å². The van der Waals surface area contributed by atoms with E-state index in [1.54, 1.807) is 19.5 Å². The van der Waals surface area contributed by atoms with E-state index in [0.29, 0.717) is 19.0 Å². The summed E-state index contributed by atoms with van der Waals surface area (Å²) >= 11 is 0. The maximum Gasteiger partial charge on any atom is 0.226 e. The molecule has 0 bridgehead atoms. The van der Waals surface area contributed by atoms with E-state index in [4.69, 9.17) is 4.42 Å². The van der Waals surface area contributed by atoms with Gasteiger partial charge in [-0.2, -0.15) is 0 Å². The van der Waals surface area contributed by atoms with Gasteiger partial charge in [0.2, 0.25) is 5.89 Å². The molecular formula is C20H23N5O. The molecule has 2 heterocycles. The number of nitrogens with zero attached hydrogens (tertiary/aromatic N) is 3. The van der Waals surface area contributed by atoms with Crippen LogP contribution in [-0.2, 0) is 13.0 Å². The summed E-state index contributed by atoms with van der Waals surface area (Å²) in [5.74, 6) is 1.38. The molecule has 0 aliphatic carbocycles. The molecule has 3 aromatic rings. The monoisotopic (exact) mass is 349 g/mol. The summed E-state index contributed by atoms with van der Waals surface area (Å²) in [5, 5.41) is 6.51. The second-order valence-corrected chi connectivity index (χ2v) is 5.93. The molecule has 6 heteroatoms. The van der Waals surface area contributed by atoms with Crippen molar-refractivity contribution in [2.45, 2.75) is 19.9 Å². The average molecular weight is 349 g/mol. The number of hydrogen-bond acceptors (Lipinski definition) is 4. The summed E-state index contributed by atoms with van der Waals surface area (Å²) in [5.41, 5.74) is 4.08. The lowest BCUT2D eigenvalue weighted by Crippen LogP contribution is -2.38. The Bertz CT molecular complexity index is 840. The van der Waals surface area contributed by atoms with Crippen LogP contribution in [0.1, 0.15) is 17.0 Å². The number of aryl methyl sites for hydroxylation is 1. The highest BCUT2D eigenvalue weighted by atomic mass is 16.3. The van der Waals surface area contributed by atoms with E-state index in [9.17, 15) is 0 Å². The van der Waals surface area contributed by atoms with Gasteiger partial charge in [0.25, 0.3) is 0 Å². The summed E-state index contributed by atoms with van der Waals surface area (Å²) in [6.07, 6.45) is 4.24. The number of nitrogens with one attached hydrogen (secondary N) is 2. The molecule has 0 unspecified atom stereocenters. The maximum absolute atomic E-state index is 5.59. The molecule has 26 heavy (non-hydrogen) atoms. The van der Waals surface area contributed by atoms with Crippen LogP contribution in [0.3, 0.4) is 0 Å². The van der Waals surface area contributed by atoms with Gasteiger partial charge in [0.15, 0.2) is 5.96 Å². The van der Waals surface area contributed by atoms with Crippen molar-refractivity contribution in [2.75, 3.05) is 13.6 Å². The van der Waals surface area contributed by atoms with Crippen molar-refractivity contribution in [3.05, 3.63) is 71.9 Å². The minimum Gasteiger partial charge on any atom is -0.444 e. The molecule has 0 radical (unpaired) electrons. The highest BCUT2D eigenvalue weighted by molar-refractivity contribution is 5.79. The van der Waals surface area contributed by atoms with Crippen LogP contribution in [0.4, 0.5) is 0 Å². The molecule has 0 aliphatic rings. The van der Waals surface area contributed by atoms with Gasteiger partial charge in [-0.25, -0.2) is 4.98 Å². The fourth-order valence-electron chi connectivity index (χ4n) is 2.46. The van der Waals surface area contributed by atoms with E-state index in [0.717, 1.165) is 29.3 Å². The number of hydrogen-bond donors (Lipinski definition) is 2. The van der Waals surface area contributed by atoms with E-state index in [1.165, 1.54) is 5.56 Å². The van der Waals surface area contributed by atoms with Crippen LogP contribution in [0, 0.1) is 6.92 Å².